The van der Waals surface area contributed by atoms with Gasteiger partial charge in [-0.05, 0) is 51.0 Å². The molecule has 0 bridgehead atoms. The van der Waals surface area contributed by atoms with Crippen LogP contribution in [0.5, 0.6) is 5.88 Å². The highest BCUT2D eigenvalue weighted by molar-refractivity contribution is 5.68. The Bertz CT molecular complexity index is 757. The Kier molecular flexibility index (Phi) is 6.60. The van der Waals surface area contributed by atoms with Gasteiger partial charge in [0.1, 0.15) is 5.82 Å². The fourth-order valence-electron chi connectivity index (χ4n) is 2.72. The minimum absolute atomic E-state index is 0.139. The third kappa shape index (κ3) is 5.57. The summed E-state index contributed by atoms with van der Waals surface area (Å²) < 4.78 is 5.29. The van der Waals surface area contributed by atoms with Gasteiger partial charge in [0.25, 0.3) is 0 Å². The Morgan fingerprint density at radius 1 is 1.30 bits per heavy atom. The van der Waals surface area contributed by atoms with Gasteiger partial charge in [0.2, 0.25) is 5.88 Å². The smallest absolute Gasteiger partial charge is 0.407 e. The molecule has 0 aromatic carbocycles. The van der Waals surface area contributed by atoms with E-state index in [9.17, 15) is 9.90 Å². The van der Waals surface area contributed by atoms with Crippen LogP contribution in [0.3, 0.4) is 0 Å². The molecule has 0 radical (unpaired) electrons. The van der Waals surface area contributed by atoms with Crippen LogP contribution in [0.25, 0.3) is 11.1 Å². The number of rotatable bonds is 7. The van der Waals surface area contributed by atoms with Crippen LogP contribution in [0.2, 0.25) is 0 Å². The van der Waals surface area contributed by atoms with Gasteiger partial charge >= 0.3 is 6.09 Å². The van der Waals surface area contributed by atoms with Crippen molar-refractivity contribution >= 4 is 11.9 Å². The van der Waals surface area contributed by atoms with Gasteiger partial charge in [-0.3, -0.25) is 0 Å². The number of carboxylic acid groups (broad SMARTS) is 1. The number of nitrogens with zero attached hydrogens (tertiary/aromatic N) is 3. The van der Waals surface area contributed by atoms with E-state index in [2.05, 4.69) is 15.3 Å². The number of pyridine rings is 2. The lowest BCUT2D eigenvalue weighted by Crippen LogP contribution is -2.47. The van der Waals surface area contributed by atoms with Crippen molar-refractivity contribution in [3.05, 3.63) is 36.7 Å². The minimum Gasteiger partial charge on any atom is -0.481 e. The molecule has 7 heteroatoms. The molecule has 27 heavy (non-hydrogen) atoms. The normalized spacial score (nSPS) is 12.3. The maximum atomic E-state index is 11.5. The molecule has 1 unspecified atom stereocenters. The lowest BCUT2D eigenvalue weighted by atomic mass is 10.0. The van der Waals surface area contributed by atoms with Crippen LogP contribution in [0.1, 0.15) is 27.7 Å². The fourth-order valence-corrected chi connectivity index (χ4v) is 2.72. The highest BCUT2D eigenvalue weighted by Gasteiger charge is 2.27. The highest BCUT2D eigenvalue weighted by Crippen LogP contribution is 2.27. The molecule has 2 aromatic heterocycles. The molecule has 0 fully saturated rings. The number of nitrogens with one attached hydrogen (secondary N) is 1. The van der Waals surface area contributed by atoms with Crippen molar-refractivity contribution in [1.29, 1.82) is 0 Å². The standard InChI is InChI=1S/C20H28N4O3/c1-14(13-24(19(25)26)20(2,3)4)11-22-17-9-8-15(12-23-17)16-7-6-10-21-18(16)27-5/h6-10,12,14H,11,13H2,1-5H3,(H,22,23)(H,25,26). The van der Waals surface area contributed by atoms with Gasteiger partial charge in [-0.15, -0.1) is 0 Å². The molecule has 2 aromatic rings. The first kappa shape index (κ1) is 20.5. The summed E-state index contributed by atoms with van der Waals surface area (Å²) in [6, 6.07) is 7.64. The average Bonchev–Trinajstić information content (AvgIpc) is 2.63. The van der Waals surface area contributed by atoms with Gasteiger partial charge in [0.15, 0.2) is 0 Å². The Hall–Kier alpha value is -2.83. The number of carbonyl (C=O) groups is 1. The monoisotopic (exact) mass is 372 g/mol. The van der Waals surface area contributed by atoms with Crippen molar-refractivity contribution in [2.75, 3.05) is 25.5 Å². The van der Waals surface area contributed by atoms with E-state index < -0.39 is 11.6 Å². The third-order valence-corrected chi connectivity index (χ3v) is 4.21. The molecule has 7 nitrogen and oxygen atoms in total. The Balaban J connectivity index is 1.98. The molecule has 1 amide bonds. The summed E-state index contributed by atoms with van der Waals surface area (Å²) in [6.07, 6.45) is 2.55. The molecule has 0 aliphatic heterocycles. The molecule has 0 saturated heterocycles. The number of anilines is 1. The van der Waals surface area contributed by atoms with Gasteiger partial charge in [-0.25, -0.2) is 14.8 Å². The maximum Gasteiger partial charge on any atom is 0.407 e. The van der Waals surface area contributed by atoms with E-state index in [1.165, 1.54) is 4.90 Å². The van der Waals surface area contributed by atoms with Crippen LogP contribution < -0.4 is 10.1 Å². The number of hydrogen-bond donors (Lipinski definition) is 2. The SMILES string of the molecule is COc1ncccc1-c1ccc(NCC(C)CN(C(=O)O)C(C)(C)C)nc1. The summed E-state index contributed by atoms with van der Waals surface area (Å²) in [6.45, 7) is 8.79. The van der Waals surface area contributed by atoms with E-state index in [1.54, 1.807) is 19.5 Å². The maximum absolute atomic E-state index is 11.5. The molecule has 0 saturated carbocycles. The van der Waals surface area contributed by atoms with E-state index in [0.29, 0.717) is 19.0 Å². The summed E-state index contributed by atoms with van der Waals surface area (Å²) in [5, 5.41) is 12.7. The van der Waals surface area contributed by atoms with Crippen LogP contribution in [0, 0.1) is 5.92 Å². The molecule has 2 heterocycles. The molecule has 0 spiro atoms. The van der Waals surface area contributed by atoms with Crippen molar-refractivity contribution in [1.82, 2.24) is 14.9 Å². The van der Waals surface area contributed by atoms with Crippen molar-refractivity contribution < 1.29 is 14.6 Å². The number of amides is 1. The number of hydrogen-bond acceptors (Lipinski definition) is 5. The second kappa shape index (κ2) is 8.70. The van der Waals surface area contributed by atoms with E-state index in [-0.39, 0.29) is 5.92 Å². The van der Waals surface area contributed by atoms with Gasteiger partial charge < -0.3 is 20.1 Å². The summed E-state index contributed by atoms with van der Waals surface area (Å²) >= 11 is 0. The van der Waals surface area contributed by atoms with E-state index in [1.807, 2.05) is 52.0 Å². The van der Waals surface area contributed by atoms with E-state index in [0.717, 1.165) is 16.9 Å². The van der Waals surface area contributed by atoms with Crippen LogP contribution in [-0.4, -0.2) is 51.8 Å². The van der Waals surface area contributed by atoms with Crippen molar-refractivity contribution in [3.8, 4) is 17.0 Å². The Labute approximate surface area is 160 Å². The van der Waals surface area contributed by atoms with Gasteiger partial charge in [-0.1, -0.05) is 6.92 Å². The summed E-state index contributed by atoms with van der Waals surface area (Å²) in [7, 11) is 1.59. The predicted molar refractivity (Wildman–Crippen MR) is 106 cm³/mol. The van der Waals surface area contributed by atoms with E-state index in [4.69, 9.17) is 4.74 Å². The fraction of sp³-hybridized carbons (Fsp3) is 0.450. The molecule has 1 atom stereocenters. The molecule has 146 valence electrons. The molecule has 2 rings (SSSR count). The predicted octanol–water partition coefficient (Wildman–Crippen LogP) is 3.98. The molecule has 2 N–H and O–H groups in total. The average molecular weight is 372 g/mol. The number of methoxy groups -OCH3 is 1. The first-order chi connectivity index (χ1) is 12.7. The van der Waals surface area contributed by atoms with Crippen molar-refractivity contribution in [3.63, 3.8) is 0 Å². The quantitative estimate of drug-likeness (QED) is 0.764. The third-order valence-electron chi connectivity index (χ3n) is 4.21. The zero-order valence-corrected chi connectivity index (χ0v) is 16.6. The van der Waals surface area contributed by atoms with Gasteiger partial charge in [0.05, 0.1) is 7.11 Å². The highest BCUT2D eigenvalue weighted by atomic mass is 16.5. The minimum atomic E-state index is -0.901. The van der Waals surface area contributed by atoms with Gasteiger partial charge in [-0.2, -0.15) is 0 Å². The Morgan fingerprint density at radius 2 is 2.04 bits per heavy atom. The van der Waals surface area contributed by atoms with Crippen LogP contribution in [0.15, 0.2) is 36.7 Å². The first-order valence-electron chi connectivity index (χ1n) is 8.92. The molecular weight excluding hydrogens is 344 g/mol. The molecule has 0 aliphatic rings. The van der Waals surface area contributed by atoms with Crippen LogP contribution in [0.4, 0.5) is 10.6 Å². The number of ether oxygens (including phenoxy) is 1. The summed E-state index contributed by atoms with van der Waals surface area (Å²) in [5.74, 6) is 1.44. The zero-order valence-electron chi connectivity index (χ0n) is 16.6. The zero-order chi connectivity index (χ0) is 20.0. The largest absolute Gasteiger partial charge is 0.481 e. The van der Waals surface area contributed by atoms with Crippen molar-refractivity contribution in [2.24, 2.45) is 5.92 Å². The second-order valence-electron chi connectivity index (χ2n) is 7.54. The van der Waals surface area contributed by atoms with E-state index >= 15 is 0 Å². The van der Waals surface area contributed by atoms with Gasteiger partial charge in [0, 0.05) is 42.1 Å². The molecular formula is C20H28N4O3. The summed E-state index contributed by atoms with van der Waals surface area (Å²) in [5.41, 5.74) is 1.38. The van der Waals surface area contributed by atoms with Crippen LogP contribution >= 0.6 is 0 Å². The lowest BCUT2D eigenvalue weighted by Gasteiger charge is -2.35. The first-order valence-corrected chi connectivity index (χ1v) is 8.92. The molecule has 0 aliphatic carbocycles. The van der Waals surface area contributed by atoms with Crippen molar-refractivity contribution in [2.45, 2.75) is 33.2 Å². The second-order valence-corrected chi connectivity index (χ2v) is 7.54. The van der Waals surface area contributed by atoms with Crippen LogP contribution in [-0.2, 0) is 0 Å². The summed E-state index contributed by atoms with van der Waals surface area (Å²) in [4.78, 5) is 21.6. The Morgan fingerprint density at radius 3 is 2.59 bits per heavy atom. The number of aromatic nitrogens is 2. The topological polar surface area (TPSA) is 87.6 Å². The lowest BCUT2D eigenvalue weighted by molar-refractivity contribution is 0.0917.